The van der Waals surface area contributed by atoms with Crippen molar-refractivity contribution in [3.63, 3.8) is 0 Å². The monoisotopic (exact) mass is 377 g/mol. The zero-order valence-electron chi connectivity index (χ0n) is 14.8. The molecule has 28 heavy (non-hydrogen) atoms. The summed E-state index contributed by atoms with van der Waals surface area (Å²) in [5.41, 5.74) is 2.03. The second-order valence-electron chi connectivity index (χ2n) is 5.98. The van der Waals surface area contributed by atoms with Gasteiger partial charge in [0.1, 0.15) is 11.3 Å². The highest BCUT2D eigenvalue weighted by Crippen LogP contribution is 2.27. The molecule has 0 saturated heterocycles. The Morgan fingerprint density at radius 2 is 1.89 bits per heavy atom. The minimum absolute atomic E-state index is 0.249. The molecule has 0 unspecified atom stereocenters. The first-order chi connectivity index (χ1) is 13.6. The van der Waals surface area contributed by atoms with Crippen LogP contribution >= 0.6 is 0 Å². The second kappa shape index (κ2) is 7.36. The lowest BCUT2D eigenvalue weighted by molar-refractivity contribution is -0.119. The number of nitrogens with one attached hydrogen (secondary N) is 1. The molecule has 2 heterocycles. The number of oxazole rings is 1. The van der Waals surface area contributed by atoms with E-state index in [2.05, 4.69) is 15.5 Å². The van der Waals surface area contributed by atoms with Crippen molar-refractivity contribution in [1.29, 1.82) is 0 Å². The Kier molecular flexibility index (Phi) is 4.59. The normalized spacial score (nSPS) is 10.8. The number of benzene rings is 2. The first-order valence-electron chi connectivity index (χ1n) is 8.45. The van der Waals surface area contributed by atoms with Crippen LogP contribution in [0.5, 0.6) is 0 Å². The number of fused-ring (bicyclic) bond motifs is 1. The standard InChI is InChI=1S/C20H15N3O5/c1-12-10-17(23-28-12)22-18(24)11-26-20(25)14-7-3-2-6-13(14)19-21-15-8-4-5-9-16(15)27-19/h2-10H,11H2,1H3,(H,22,23,24). The Bertz CT molecular complexity index is 1130. The number of carbonyl (C=O) groups excluding carboxylic acids is 2. The van der Waals surface area contributed by atoms with Crippen molar-refractivity contribution in [2.45, 2.75) is 6.92 Å². The van der Waals surface area contributed by atoms with Crippen LogP contribution in [0.2, 0.25) is 0 Å². The Morgan fingerprint density at radius 1 is 1.11 bits per heavy atom. The summed E-state index contributed by atoms with van der Waals surface area (Å²) in [5, 5.41) is 6.13. The van der Waals surface area contributed by atoms with Crippen molar-refractivity contribution in [1.82, 2.24) is 10.1 Å². The van der Waals surface area contributed by atoms with Gasteiger partial charge in [-0.1, -0.05) is 29.4 Å². The fraction of sp³-hybridized carbons (Fsp3) is 0.100. The first-order valence-corrected chi connectivity index (χ1v) is 8.45. The van der Waals surface area contributed by atoms with E-state index in [1.54, 1.807) is 43.3 Å². The van der Waals surface area contributed by atoms with Crippen LogP contribution in [0, 0.1) is 6.92 Å². The van der Waals surface area contributed by atoms with Gasteiger partial charge in [0.2, 0.25) is 5.89 Å². The lowest BCUT2D eigenvalue weighted by atomic mass is 10.1. The van der Waals surface area contributed by atoms with Crippen LogP contribution < -0.4 is 5.32 Å². The summed E-state index contributed by atoms with van der Waals surface area (Å²) in [6.07, 6.45) is 0. The molecule has 2 aromatic heterocycles. The number of amides is 1. The summed E-state index contributed by atoms with van der Waals surface area (Å²) in [6.45, 7) is 1.23. The molecule has 0 fully saturated rings. The van der Waals surface area contributed by atoms with Crippen LogP contribution in [0.25, 0.3) is 22.6 Å². The smallest absolute Gasteiger partial charge is 0.339 e. The molecule has 2 aromatic carbocycles. The van der Waals surface area contributed by atoms with Crippen LogP contribution in [0.1, 0.15) is 16.1 Å². The molecule has 0 spiro atoms. The van der Waals surface area contributed by atoms with Gasteiger partial charge in [0, 0.05) is 6.07 Å². The number of carbonyl (C=O) groups is 2. The number of esters is 1. The fourth-order valence-electron chi connectivity index (χ4n) is 2.65. The van der Waals surface area contributed by atoms with E-state index in [1.807, 2.05) is 18.2 Å². The summed E-state index contributed by atoms with van der Waals surface area (Å²) in [6, 6.07) is 15.6. The minimum atomic E-state index is -0.663. The van der Waals surface area contributed by atoms with E-state index >= 15 is 0 Å². The lowest BCUT2D eigenvalue weighted by Gasteiger charge is -2.07. The maximum atomic E-state index is 12.5. The Balaban J connectivity index is 1.49. The first kappa shape index (κ1) is 17.5. The van der Waals surface area contributed by atoms with Crippen molar-refractivity contribution < 1.29 is 23.3 Å². The largest absolute Gasteiger partial charge is 0.452 e. The third-order valence-corrected chi connectivity index (χ3v) is 3.90. The van der Waals surface area contributed by atoms with E-state index < -0.39 is 18.5 Å². The molecule has 0 bridgehead atoms. The Morgan fingerprint density at radius 3 is 2.68 bits per heavy atom. The van der Waals surface area contributed by atoms with Gasteiger partial charge in [-0.15, -0.1) is 0 Å². The van der Waals surface area contributed by atoms with E-state index in [0.717, 1.165) is 0 Å². The summed E-state index contributed by atoms with van der Waals surface area (Å²) >= 11 is 0. The summed E-state index contributed by atoms with van der Waals surface area (Å²) in [7, 11) is 0. The SMILES string of the molecule is Cc1cc(NC(=O)COC(=O)c2ccccc2-c2nc3ccccc3o2)no1. The lowest BCUT2D eigenvalue weighted by Crippen LogP contribution is -2.21. The molecule has 1 N–H and O–H groups in total. The van der Waals surface area contributed by atoms with Gasteiger partial charge in [-0.2, -0.15) is 0 Å². The van der Waals surface area contributed by atoms with Gasteiger partial charge in [0.15, 0.2) is 18.0 Å². The molecule has 8 nitrogen and oxygen atoms in total. The predicted molar refractivity (Wildman–Crippen MR) is 99.6 cm³/mol. The zero-order valence-corrected chi connectivity index (χ0v) is 14.8. The zero-order chi connectivity index (χ0) is 19.5. The van der Waals surface area contributed by atoms with Crippen molar-refractivity contribution in [2.75, 3.05) is 11.9 Å². The molecule has 140 valence electrons. The molecule has 0 aliphatic rings. The number of para-hydroxylation sites is 2. The number of hydrogen-bond acceptors (Lipinski definition) is 7. The predicted octanol–water partition coefficient (Wildman–Crippen LogP) is 3.59. The van der Waals surface area contributed by atoms with Crippen molar-refractivity contribution in [3.05, 3.63) is 65.9 Å². The van der Waals surface area contributed by atoms with E-state index in [4.69, 9.17) is 13.7 Å². The molecular formula is C20H15N3O5. The summed E-state index contributed by atoms with van der Waals surface area (Å²) in [4.78, 5) is 28.8. The molecule has 0 aliphatic carbocycles. The maximum Gasteiger partial charge on any atom is 0.339 e. The van der Waals surface area contributed by atoms with Gasteiger partial charge in [-0.3, -0.25) is 4.79 Å². The molecular weight excluding hydrogens is 362 g/mol. The molecule has 8 heteroatoms. The molecule has 0 radical (unpaired) electrons. The number of aromatic nitrogens is 2. The molecule has 4 rings (SSSR count). The average molecular weight is 377 g/mol. The quantitative estimate of drug-likeness (QED) is 0.530. The molecule has 0 saturated carbocycles. The number of hydrogen-bond donors (Lipinski definition) is 1. The maximum absolute atomic E-state index is 12.5. The van der Waals surface area contributed by atoms with Crippen LogP contribution in [0.3, 0.4) is 0 Å². The van der Waals surface area contributed by atoms with E-state index in [-0.39, 0.29) is 11.4 Å². The Hall–Kier alpha value is -3.94. The van der Waals surface area contributed by atoms with E-state index in [1.165, 1.54) is 0 Å². The van der Waals surface area contributed by atoms with Crippen molar-refractivity contribution >= 4 is 28.8 Å². The van der Waals surface area contributed by atoms with E-state index in [9.17, 15) is 9.59 Å². The molecule has 0 atom stereocenters. The van der Waals surface area contributed by atoms with Crippen molar-refractivity contribution in [3.8, 4) is 11.5 Å². The molecule has 0 aliphatic heterocycles. The van der Waals surface area contributed by atoms with Gasteiger partial charge >= 0.3 is 5.97 Å². The van der Waals surface area contributed by atoms with Crippen molar-refractivity contribution in [2.24, 2.45) is 0 Å². The van der Waals surface area contributed by atoms with Gasteiger partial charge in [-0.05, 0) is 31.2 Å². The fourth-order valence-corrected chi connectivity index (χ4v) is 2.65. The minimum Gasteiger partial charge on any atom is -0.452 e. The third-order valence-electron chi connectivity index (χ3n) is 3.90. The average Bonchev–Trinajstić information content (AvgIpc) is 3.32. The summed E-state index contributed by atoms with van der Waals surface area (Å²) < 4.78 is 15.7. The summed E-state index contributed by atoms with van der Waals surface area (Å²) in [5.74, 6) is -0.0772. The molecule has 4 aromatic rings. The van der Waals surface area contributed by atoms with Crippen LogP contribution in [-0.2, 0) is 9.53 Å². The highest BCUT2D eigenvalue weighted by molar-refractivity contribution is 5.99. The number of anilines is 1. The van der Waals surface area contributed by atoms with Gasteiger partial charge in [0.25, 0.3) is 5.91 Å². The van der Waals surface area contributed by atoms with Gasteiger partial charge < -0.3 is 19.0 Å². The van der Waals surface area contributed by atoms with E-state index in [0.29, 0.717) is 28.3 Å². The highest BCUT2D eigenvalue weighted by atomic mass is 16.5. The third kappa shape index (κ3) is 3.61. The highest BCUT2D eigenvalue weighted by Gasteiger charge is 2.19. The van der Waals surface area contributed by atoms with Gasteiger partial charge in [-0.25, -0.2) is 9.78 Å². The second-order valence-corrected chi connectivity index (χ2v) is 5.98. The topological polar surface area (TPSA) is 107 Å². The number of nitrogens with zero attached hydrogens (tertiary/aromatic N) is 2. The van der Waals surface area contributed by atoms with Gasteiger partial charge in [0.05, 0.1) is 11.1 Å². The Labute approximate surface area is 159 Å². The van der Waals surface area contributed by atoms with Crippen LogP contribution in [0.15, 0.2) is 63.5 Å². The molecule has 1 amide bonds. The number of aryl methyl sites for hydroxylation is 1. The van der Waals surface area contributed by atoms with Crippen LogP contribution in [-0.4, -0.2) is 28.6 Å². The number of ether oxygens (including phenoxy) is 1. The van der Waals surface area contributed by atoms with Crippen LogP contribution in [0.4, 0.5) is 5.82 Å². The number of rotatable bonds is 5.